The summed E-state index contributed by atoms with van der Waals surface area (Å²) in [5.41, 5.74) is 6.42. The van der Waals surface area contributed by atoms with Gasteiger partial charge in [0.25, 0.3) is 0 Å². The number of unbranched alkanes of at least 4 members (excludes halogenated alkanes) is 1. The summed E-state index contributed by atoms with van der Waals surface area (Å²) in [7, 11) is 0. The summed E-state index contributed by atoms with van der Waals surface area (Å²) >= 11 is 5.93. The lowest BCUT2D eigenvalue weighted by molar-refractivity contribution is 0.212. The van der Waals surface area contributed by atoms with Crippen molar-refractivity contribution >= 4 is 34.4 Å². The van der Waals surface area contributed by atoms with Crippen LogP contribution in [0.5, 0.6) is 0 Å². The third-order valence-electron chi connectivity index (χ3n) is 3.37. The number of pyridine rings is 1. The number of nitrogens with zero attached hydrogens (tertiary/aromatic N) is 3. The van der Waals surface area contributed by atoms with Crippen LogP contribution >= 0.6 is 11.6 Å². The SMILES string of the molecule is CCCC[C@@](C)(CO)Nc1nc(N)nc2cc(Cl)cnc12. The smallest absolute Gasteiger partial charge is 0.222 e. The van der Waals surface area contributed by atoms with E-state index in [9.17, 15) is 5.11 Å². The van der Waals surface area contributed by atoms with Crippen molar-refractivity contribution in [3.05, 3.63) is 17.3 Å². The van der Waals surface area contributed by atoms with Gasteiger partial charge in [-0.3, -0.25) is 0 Å². The molecular formula is C14H20ClN5O. The van der Waals surface area contributed by atoms with Crippen molar-refractivity contribution in [3.8, 4) is 0 Å². The van der Waals surface area contributed by atoms with Gasteiger partial charge in [-0.25, -0.2) is 9.97 Å². The van der Waals surface area contributed by atoms with Crippen LogP contribution in [-0.4, -0.2) is 32.2 Å². The van der Waals surface area contributed by atoms with Crippen LogP contribution in [0.1, 0.15) is 33.1 Å². The van der Waals surface area contributed by atoms with Gasteiger partial charge in [0.2, 0.25) is 5.95 Å². The zero-order valence-electron chi connectivity index (χ0n) is 12.2. The van der Waals surface area contributed by atoms with Gasteiger partial charge in [0.05, 0.1) is 22.7 Å². The van der Waals surface area contributed by atoms with E-state index in [2.05, 4.69) is 27.2 Å². The second-order valence-corrected chi connectivity index (χ2v) is 5.84. The van der Waals surface area contributed by atoms with E-state index in [0.717, 1.165) is 19.3 Å². The van der Waals surface area contributed by atoms with Gasteiger partial charge in [0, 0.05) is 6.20 Å². The van der Waals surface area contributed by atoms with Gasteiger partial charge < -0.3 is 16.2 Å². The normalized spacial score (nSPS) is 14.1. The number of hydrogen-bond acceptors (Lipinski definition) is 6. The fraction of sp³-hybridized carbons (Fsp3) is 0.500. The first-order valence-electron chi connectivity index (χ1n) is 6.95. The van der Waals surface area contributed by atoms with Gasteiger partial charge in [-0.1, -0.05) is 31.4 Å². The quantitative estimate of drug-likeness (QED) is 0.759. The fourth-order valence-corrected chi connectivity index (χ4v) is 2.29. The maximum absolute atomic E-state index is 9.68. The van der Waals surface area contributed by atoms with Crippen LogP contribution < -0.4 is 11.1 Å². The highest BCUT2D eigenvalue weighted by atomic mass is 35.5. The predicted molar refractivity (Wildman–Crippen MR) is 85.4 cm³/mol. The Balaban J connectivity index is 2.41. The zero-order chi connectivity index (χ0) is 15.5. The summed E-state index contributed by atoms with van der Waals surface area (Å²) in [6.45, 7) is 4.05. The molecule has 0 fully saturated rings. The lowest BCUT2D eigenvalue weighted by atomic mass is 9.96. The topological polar surface area (TPSA) is 97.0 Å². The molecule has 1 atom stereocenters. The number of hydrogen-bond donors (Lipinski definition) is 3. The number of nitrogens with two attached hydrogens (primary N) is 1. The number of aromatic nitrogens is 3. The molecule has 0 aromatic carbocycles. The second kappa shape index (κ2) is 6.41. The number of fused-ring (bicyclic) bond motifs is 1. The number of aliphatic hydroxyl groups is 1. The molecule has 7 heteroatoms. The van der Waals surface area contributed by atoms with Gasteiger partial charge in [0.15, 0.2) is 5.82 Å². The minimum absolute atomic E-state index is 0.00795. The molecule has 2 rings (SSSR count). The molecule has 2 aromatic rings. The number of nitrogen functional groups attached to an aromatic ring is 1. The highest BCUT2D eigenvalue weighted by molar-refractivity contribution is 6.31. The monoisotopic (exact) mass is 309 g/mol. The van der Waals surface area contributed by atoms with Crippen LogP contribution in [0.25, 0.3) is 11.0 Å². The molecule has 2 heterocycles. The Bertz CT molecular complexity index is 631. The lowest BCUT2D eigenvalue weighted by Crippen LogP contribution is -2.39. The number of halogens is 1. The maximum Gasteiger partial charge on any atom is 0.222 e. The lowest BCUT2D eigenvalue weighted by Gasteiger charge is -2.29. The molecule has 6 nitrogen and oxygen atoms in total. The molecule has 0 saturated carbocycles. The highest BCUT2D eigenvalue weighted by Gasteiger charge is 2.24. The second-order valence-electron chi connectivity index (χ2n) is 5.40. The van der Waals surface area contributed by atoms with E-state index in [1.165, 1.54) is 6.20 Å². The molecule has 4 N–H and O–H groups in total. The van der Waals surface area contributed by atoms with Gasteiger partial charge in [0.1, 0.15) is 5.52 Å². The summed E-state index contributed by atoms with van der Waals surface area (Å²) in [4.78, 5) is 12.6. The Hall–Kier alpha value is -1.66. The first kappa shape index (κ1) is 15.7. The zero-order valence-corrected chi connectivity index (χ0v) is 13.0. The summed E-state index contributed by atoms with van der Waals surface area (Å²) in [6, 6.07) is 1.69. The van der Waals surface area contributed by atoms with Crippen molar-refractivity contribution in [2.75, 3.05) is 17.7 Å². The van der Waals surface area contributed by atoms with Crippen LogP contribution in [-0.2, 0) is 0 Å². The van der Waals surface area contributed by atoms with Crippen molar-refractivity contribution in [1.29, 1.82) is 0 Å². The molecule has 0 saturated heterocycles. The predicted octanol–water partition coefficient (Wildman–Crippen LogP) is 2.61. The molecule has 0 spiro atoms. The number of rotatable bonds is 6. The van der Waals surface area contributed by atoms with E-state index in [0.29, 0.717) is 21.9 Å². The fourth-order valence-electron chi connectivity index (χ4n) is 2.13. The number of anilines is 2. The molecule has 0 aliphatic carbocycles. The van der Waals surface area contributed by atoms with Gasteiger partial charge in [-0.05, 0) is 19.4 Å². The first-order valence-corrected chi connectivity index (χ1v) is 7.33. The standard InChI is InChI=1S/C14H20ClN5O/c1-3-4-5-14(2,8-21)20-12-11-10(18-13(16)19-12)6-9(15)7-17-11/h6-7,21H,3-5,8H2,1-2H3,(H3,16,18,19,20)/t14-/m0/s1. The molecule has 0 aliphatic heterocycles. The molecule has 0 amide bonds. The average Bonchev–Trinajstić information content (AvgIpc) is 2.44. The Morgan fingerprint density at radius 3 is 2.86 bits per heavy atom. The maximum atomic E-state index is 9.68. The van der Waals surface area contributed by atoms with Crippen LogP contribution in [0, 0.1) is 0 Å². The molecule has 2 aromatic heterocycles. The minimum atomic E-state index is -0.481. The van der Waals surface area contributed by atoms with Crippen molar-refractivity contribution in [2.24, 2.45) is 0 Å². The summed E-state index contributed by atoms with van der Waals surface area (Å²) < 4.78 is 0. The van der Waals surface area contributed by atoms with Gasteiger partial charge in [-0.15, -0.1) is 0 Å². The Kier molecular flexibility index (Phi) is 4.80. The molecule has 21 heavy (non-hydrogen) atoms. The Morgan fingerprint density at radius 2 is 2.19 bits per heavy atom. The van der Waals surface area contributed by atoms with E-state index >= 15 is 0 Å². The number of aliphatic hydroxyl groups excluding tert-OH is 1. The van der Waals surface area contributed by atoms with Crippen molar-refractivity contribution < 1.29 is 5.11 Å². The van der Waals surface area contributed by atoms with E-state index < -0.39 is 5.54 Å². The van der Waals surface area contributed by atoms with E-state index in [4.69, 9.17) is 17.3 Å². The molecule has 0 unspecified atom stereocenters. The number of nitrogens with one attached hydrogen (secondary N) is 1. The molecule has 114 valence electrons. The van der Waals surface area contributed by atoms with Crippen molar-refractivity contribution in [2.45, 2.75) is 38.6 Å². The molecule has 0 radical (unpaired) electrons. The van der Waals surface area contributed by atoms with Gasteiger partial charge in [-0.2, -0.15) is 4.98 Å². The van der Waals surface area contributed by atoms with Crippen LogP contribution in [0.15, 0.2) is 12.3 Å². The summed E-state index contributed by atoms with van der Waals surface area (Å²) in [5.74, 6) is 0.659. The average molecular weight is 310 g/mol. The summed E-state index contributed by atoms with van der Waals surface area (Å²) in [6.07, 6.45) is 4.41. The van der Waals surface area contributed by atoms with Crippen LogP contribution in [0.2, 0.25) is 5.02 Å². The van der Waals surface area contributed by atoms with Crippen LogP contribution in [0.4, 0.5) is 11.8 Å². The van der Waals surface area contributed by atoms with E-state index in [1.54, 1.807) is 6.07 Å². The Labute approximate surface area is 128 Å². The van der Waals surface area contributed by atoms with E-state index in [-0.39, 0.29) is 12.6 Å². The first-order chi connectivity index (χ1) is 9.97. The highest BCUT2D eigenvalue weighted by Crippen LogP contribution is 2.26. The van der Waals surface area contributed by atoms with Crippen LogP contribution in [0.3, 0.4) is 0 Å². The largest absolute Gasteiger partial charge is 0.394 e. The Morgan fingerprint density at radius 1 is 1.43 bits per heavy atom. The molecular weight excluding hydrogens is 290 g/mol. The van der Waals surface area contributed by atoms with E-state index in [1.807, 2.05) is 6.92 Å². The van der Waals surface area contributed by atoms with Gasteiger partial charge >= 0.3 is 0 Å². The molecule has 0 bridgehead atoms. The molecule has 0 aliphatic rings. The van der Waals surface area contributed by atoms with Crippen molar-refractivity contribution in [1.82, 2.24) is 15.0 Å². The third-order valence-corrected chi connectivity index (χ3v) is 3.58. The summed E-state index contributed by atoms with van der Waals surface area (Å²) in [5, 5.41) is 13.4. The van der Waals surface area contributed by atoms with Crippen molar-refractivity contribution in [3.63, 3.8) is 0 Å². The third kappa shape index (κ3) is 3.71. The minimum Gasteiger partial charge on any atom is -0.394 e.